The van der Waals surface area contributed by atoms with Gasteiger partial charge in [0.15, 0.2) is 0 Å². The van der Waals surface area contributed by atoms with Crippen molar-refractivity contribution in [2.24, 2.45) is 10.8 Å². The van der Waals surface area contributed by atoms with Gasteiger partial charge in [0.1, 0.15) is 5.75 Å². The van der Waals surface area contributed by atoms with Crippen LogP contribution in [-0.4, -0.2) is 24.3 Å². The van der Waals surface area contributed by atoms with Gasteiger partial charge in [-0.05, 0) is 30.7 Å². The van der Waals surface area contributed by atoms with Gasteiger partial charge in [-0.15, -0.1) is 0 Å². The third-order valence-corrected chi connectivity index (χ3v) is 1.86. The second-order valence-electron chi connectivity index (χ2n) is 2.94. The maximum Gasteiger partial charge on any atom is 0.227 e. The molecule has 0 heterocycles. The van der Waals surface area contributed by atoms with E-state index in [2.05, 4.69) is 10.5 Å². The zero-order chi connectivity index (χ0) is 11.1. The van der Waals surface area contributed by atoms with E-state index in [0.29, 0.717) is 18.5 Å². The van der Waals surface area contributed by atoms with Gasteiger partial charge in [-0.25, -0.2) is 5.43 Å². The van der Waals surface area contributed by atoms with Crippen LogP contribution in [0.25, 0.3) is 0 Å². The topological polar surface area (TPSA) is 87.7 Å². The fourth-order valence-electron chi connectivity index (χ4n) is 1.17. The van der Waals surface area contributed by atoms with Crippen molar-refractivity contribution in [3.05, 3.63) is 29.3 Å². The van der Waals surface area contributed by atoms with E-state index in [1.165, 1.54) is 6.21 Å². The van der Waals surface area contributed by atoms with Crippen LogP contribution in [0.4, 0.5) is 0 Å². The molecule has 0 saturated carbocycles. The van der Waals surface area contributed by atoms with E-state index in [1.54, 1.807) is 18.2 Å². The minimum Gasteiger partial charge on any atom is -0.507 e. The number of carbonyl (C=O) groups excluding carboxylic acids is 1. The Morgan fingerprint density at radius 1 is 1.53 bits per heavy atom. The van der Waals surface area contributed by atoms with E-state index < -0.39 is 0 Å². The number of aromatic hydroxyl groups is 1. The summed E-state index contributed by atoms with van der Waals surface area (Å²) in [6, 6.07) is 5.15. The molecule has 1 aromatic rings. The summed E-state index contributed by atoms with van der Waals surface area (Å²) in [4.78, 5) is 9.95. The normalized spacial score (nSPS) is 10.5. The average Bonchev–Trinajstić information content (AvgIpc) is 2.23. The van der Waals surface area contributed by atoms with Crippen LogP contribution in [0.1, 0.15) is 11.1 Å². The average molecular weight is 207 g/mol. The molecule has 0 saturated heterocycles. The smallest absolute Gasteiger partial charge is 0.227 e. The molecule has 1 amide bonds. The Kier molecular flexibility index (Phi) is 4.30. The molecule has 15 heavy (non-hydrogen) atoms. The van der Waals surface area contributed by atoms with Crippen LogP contribution in [0.2, 0.25) is 0 Å². The van der Waals surface area contributed by atoms with Crippen molar-refractivity contribution < 1.29 is 9.90 Å². The molecule has 0 bridgehead atoms. The van der Waals surface area contributed by atoms with Crippen LogP contribution < -0.4 is 11.2 Å². The SMILES string of the molecule is NCCc1ccc(O)c(/C=N/NC=O)c1. The van der Waals surface area contributed by atoms with Gasteiger partial charge >= 0.3 is 0 Å². The molecule has 0 aliphatic rings. The quantitative estimate of drug-likeness (QED) is 0.360. The standard InChI is InChI=1S/C10H13N3O2/c11-4-3-8-1-2-10(15)9(5-8)6-12-13-7-14/h1-2,5-7,15H,3-4,11H2,(H,13,14)/b12-6+. The highest BCUT2D eigenvalue weighted by Crippen LogP contribution is 2.16. The summed E-state index contributed by atoms with van der Waals surface area (Å²) < 4.78 is 0. The van der Waals surface area contributed by atoms with Gasteiger partial charge < -0.3 is 10.8 Å². The van der Waals surface area contributed by atoms with Gasteiger partial charge in [0, 0.05) is 5.56 Å². The second-order valence-corrected chi connectivity index (χ2v) is 2.94. The van der Waals surface area contributed by atoms with E-state index in [1.807, 2.05) is 0 Å². The third-order valence-electron chi connectivity index (χ3n) is 1.86. The van der Waals surface area contributed by atoms with Crippen molar-refractivity contribution in [2.45, 2.75) is 6.42 Å². The van der Waals surface area contributed by atoms with E-state index >= 15 is 0 Å². The first-order chi connectivity index (χ1) is 7.27. The Hall–Kier alpha value is -1.88. The molecule has 0 radical (unpaired) electrons. The number of rotatable bonds is 5. The zero-order valence-electron chi connectivity index (χ0n) is 8.18. The first-order valence-corrected chi connectivity index (χ1v) is 4.52. The Balaban J connectivity index is 2.84. The summed E-state index contributed by atoms with van der Waals surface area (Å²) in [5.41, 5.74) is 9.11. The molecule has 0 unspecified atom stereocenters. The lowest BCUT2D eigenvalue weighted by molar-refractivity contribution is -0.109. The summed E-state index contributed by atoms with van der Waals surface area (Å²) >= 11 is 0. The van der Waals surface area contributed by atoms with Crippen molar-refractivity contribution >= 4 is 12.6 Å². The number of hydrogen-bond donors (Lipinski definition) is 3. The van der Waals surface area contributed by atoms with Gasteiger partial charge in [-0.1, -0.05) is 6.07 Å². The van der Waals surface area contributed by atoms with Gasteiger partial charge in [0.2, 0.25) is 6.41 Å². The summed E-state index contributed by atoms with van der Waals surface area (Å²) in [5, 5.41) is 13.1. The molecular formula is C10H13N3O2. The largest absolute Gasteiger partial charge is 0.507 e. The van der Waals surface area contributed by atoms with E-state index in [0.717, 1.165) is 12.0 Å². The first-order valence-electron chi connectivity index (χ1n) is 4.52. The molecule has 5 nitrogen and oxygen atoms in total. The molecule has 0 aliphatic heterocycles. The molecule has 0 aromatic heterocycles. The van der Waals surface area contributed by atoms with Gasteiger partial charge in [-0.2, -0.15) is 5.10 Å². The molecule has 5 heteroatoms. The highest BCUT2D eigenvalue weighted by molar-refractivity contribution is 5.83. The summed E-state index contributed by atoms with van der Waals surface area (Å²) in [6.07, 6.45) is 2.57. The number of nitrogens with one attached hydrogen (secondary N) is 1. The molecular weight excluding hydrogens is 194 g/mol. The number of benzene rings is 1. The first kappa shape index (κ1) is 11.2. The number of phenolic OH excluding ortho intramolecular Hbond substituents is 1. The lowest BCUT2D eigenvalue weighted by Gasteiger charge is -2.02. The van der Waals surface area contributed by atoms with Gasteiger partial charge in [0.05, 0.1) is 6.21 Å². The number of phenols is 1. The fourth-order valence-corrected chi connectivity index (χ4v) is 1.17. The number of nitrogens with zero attached hydrogens (tertiary/aromatic N) is 1. The summed E-state index contributed by atoms with van der Waals surface area (Å²) in [5.74, 6) is 0.118. The fraction of sp³-hybridized carbons (Fsp3) is 0.200. The monoisotopic (exact) mass is 207 g/mol. The number of hydrogen-bond acceptors (Lipinski definition) is 4. The van der Waals surface area contributed by atoms with E-state index in [-0.39, 0.29) is 5.75 Å². The number of nitrogens with two attached hydrogens (primary N) is 1. The van der Waals surface area contributed by atoms with Crippen LogP contribution >= 0.6 is 0 Å². The lowest BCUT2D eigenvalue weighted by atomic mass is 10.1. The van der Waals surface area contributed by atoms with Crippen molar-refractivity contribution in [1.82, 2.24) is 5.43 Å². The van der Waals surface area contributed by atoms with Crippen LogP contribution in [-0.2, 0) is 11.2 Å². The van der Waals surface area contributed by atoms with Crippen molar-refractivity contribution in [1.29, 1.82) is 0 Å². The highest BCUT2D eigenvalue weighted by atomic mass is 16.3. The number of carbonyl (C=O) groups is 1. The van der Waals surface area contributed by atoms with Crippen molar-refractivity contribution in [2.75, 3.05) is 6.54 Å². The zero-order valence-corrected chi connectivity index (χ0v) is 8.18. The van der Waals surface area contributed by atoms with E-state index in [4.69, 9.17) is 5.73 Å². The van der Waals surface area contributed by atoms with Crippen molar-refractivity contribution in [3.8, 4) is 5.75 Å². The van der Waals surface area contributed by atoms with Crippen LogP contribution in [0.3, 0.4) is 0 Å². The molecule has 1 rings (SSSR count). The lowest BCUT2D eigenvalue weighted by Crippen LogP contribution is -2.04. The Bertz CT molecular complexity index is 364. The minimum atomic E-state index is 0.118. The second kappa shape index (κ2) is 5.77. The van der Waals surface area contributed by atoms with Gasteiger partial charge in [-0.3, -0.25) is 4.79 Å². The third kappa shape index (κ3) is 3.40. The minimum absolute atomic E-state index is 0.118. The van der Waals surface area contributed by atoms with Crippen LogP contribution in [0.5, 0.6) is 5.75 Å². The molecule has 0 fully saturated rings. The highest BCUT2D eigenvalue weighted by Gasteiger charge is 1.99. The Morgan fingerprint density at radius 2 is 2.33 bits per heavy atom. The van der Waals surface area contributed by atoms with Gasteiger partial charge in [0.25, 0.3) is 0 Å². The van der Waals surface area contributed by atoms with Crippen LogP contribution in [0.15, 0.2) is 23.3 Å². The van der Waals surface area contributed by atoms with Crippen LogP contribution in [0, 0.1) is 0 Å². The Labute approximate surface area is 87.6 Å². The predicted molar refractivity (Wildman–Crippen MR) is 57.7 cm³/mol. The molecule has 0 atom stereocenters. The Morgan fingerprint density at radius 3 is 3.00 bits per heavy atom. The van der Waals surface area contributed by atoms with Crippen molar-refractivity contribution in [3.63, 3.8) is 0 Å². The number of hydrazone groups is 1. The number of amides is 1. The van der Waals surface area contributed by atoms with E-state index in [9.17, 15) is 9.90 Å². The predicted octanol–water partition coefficient (Wildman–Crippen LogP) is -0.0267. The molecule has 80 valence electrons. The molecule has 0 spiro atoms. The maximum atomic E-state index is 9.95. The molecule has 4 N–H and O–H groups in total. The molecule has 1 aromatic carbocycles. The summed E-state index contributed by atoms with van der Waals surface area (Å²) in [7, 11) is 0. The maximum absolute atomic E-state index is 9.95. The molecule has 0 aliphatic carbocycles. The summed E-state index contributed by atoms with van der Waals surface area (Å²) in [6.45, 7) is 0.550.